The zero-order chi connectivity index (χ0) is 19.7. The van der Waals surface area contributed by atoms with Crippen molar-refractivity contribution >= 4 is 57.8 Å². The molecule has 3 aromatic rings. The Morgan fingerprint density at radius 3 is 2.68 bits per heavy atom. The van der Waals surface area contributed by atoms with Crippen LogP contribution in [0.2, 0.25) is 10.0 Å². The van der Waals surface area contributed by atoms with E-state index in [0.717, 1.165) is 11.1 Å². The van der Waals surface area contributed by atoms with E-state index in [4.69, 9.17) is 27.6 Å². The number of thioether (sulfide) groups is 1. The third-order valence-electron chi connectivity index (χ3n) is 4.08. The minimum Gasteiger partial charge on any atom is -0.457 e. The number of amides is 1. The first-order valence-corrected chi connectivity index (χ1v) is 9.97. The number of aryl methyl sites for hydroxylation is 1. The molecule has 0 saturated carbocycles. The molecular formula is C21H14Cl2N2O2S. The fourth-order valence-electron chi connectivity index (χ4n) is 2.61. The molecular weight excluding hydrogens is 415 g/mol. The molecule has 1 aliphatic rings. The number of furan rings is 1. The summed E-state index contributed by atoms with van der Waals surface area (Å²) in [5.74, 6) is 0.980. The number of nitrogens with zero attached hydrogens (tertiary/aromatic N) is 1. The lowest BCUT2D eigenvalue weighted by Gasteiger charge is -2.00. The van der Waals surface area contributed by atoms with Crippen molar-refractivity contribution in [1.29, 1.82) is 0 Å². The Morgan fingerprint density at radius 1 is 1.07 bits per heavy atom. The number of aliphatic imine (C=N–C) groups is 1. The summed E-state index contributed by atoms with van der Waals surface area (Å²) in [6.07, 6.45) is 1.69. The predicted octanol–water partition coefficient (Wildman–Crippen LogP) is 6.45. The second-order valence-corrected chi connectivity index (χ2v) is 7.94. The summed E-state index contributed by atoms with van der Waals surface area (Å²) in [4.78, 5) is 17.2. The van der Waals surface area contributed by atoms with Gasteiger partial charge in [-0.3, -0.25) is 4.79 Å². The van der Waals surface area contributed by atoms with Gasteiger partial charge in [-0.1, -0.05) is 41.4 Å². The molecule has 140 valence electrons. The molecule has 0 radical (unpaired) electrons. The zero-order valence-electron chi connectivity index (χ0n) is 14.7. The van der Waals surface area contributed by atoms with Crippen LogP contribution >= 0.6 is 35.0 Å². The molecule has 0 unspecified atom stereocenters. The standard InChI is InChI=1S/C21H14Cl2N2O2S/c1-12-6-7-13(10-17(12)23)24-21-25-20(26)19(28-21)11-14-8-9-18(27-14)15-4-2-3-5-16(15)22/h2-11H,1H3,(H,24,25,26). The number of carbonyl (C=O) groups excluding carboxylic acids is 1. The molecule has 1 aromatic heterocycles. The smallest absolute Gasteiger partial charge is 0.264 e. The molecule has 1 amide bonds. The molecule has 1 fully saturated rings. The van der Waals surface area contributed by atoms with Crippen LogP contribution in [0.5, 0.6) is 0 Å². The molecule has 1 saturated heterocycles. The van der Waals surface area contributed by atoms with Gasteiger partial charge in [0.15, 0.2) is 5.17 Å². The molecule has 0 atom stereocenters. The average molecular weight is 429 g/mol. The van der Waals surface area contributed by atoms with Crippen molar-refractivity contribution in [2.75, 3.05) is 0 Å². The number of benzene rings is 2. The van der Waals surface area contributed by atoms with Gasteiger partial charge in [0.2, 0.25) is 0 Å². The molecule has 4 nitrogen and oxygen atoms in total. The van der Waals surface area contributed by atoms with Crippen LogP contribution in [-0.4, -0.2) is 11.1 Å². The zero-order valence-corrected chi connectivity index (χ0v) is 17.0. The number of carbonyl (C=O) groups is 1. The predicted molar refractivity (Wildman–Crippen MR) is 116 cm³/mol. The SMILES string of the molecule is Cc1ccc(N=C2NC(=O)C(=Cc3ccc(-c4ccccc4Cl)o3)S2)cc1Cl. The monoisotopic (exact) mass is 428 g/mol. The Morgan fingerprint density at radius 2 is 1.89 bits per heavy atom. The number of rotatable bonds is 3. The van der Waals surface area contributed by atoms with Gasteiger partial charge < -0.3 is 9.73 Å². The van der Waals surface area contributed by atoms with Gasteiger partial charge in [0, 0.05) is 16.7 Å². The van der Waals surface area contributed by atoms with E-state index in [1.165, 1.54) is 11.8 Å². The number of amidine groups is 1. The summed E-state index contributed by atoms with van der Waals surface area (Å²) in [6.45, 7) is 1.92. The van der Waals surface area contributed by atoms with Gasteiger partial charge in [0.25, 0.3) is 5.91 Å². The minimum atomic E-state index is -0.224. The summed E-state index contributed by atoms with van der Waals surface area (Å²) in [6, 6.07) is 16.6. The topological polar surface area (TPSA) is 54.6 Å². The third kappa shape index (κ3) is 4.02. The van der Waals surface area contributed by atoms with Crippen LogP contribution < -0.4 is 5.32 Å². The summed E-state index contributed by atoms with van der Waals surface area (Å²) in [5, 5.41) is 4.49. The van der Waals surface area contributed by atoms with Crippen LogP contribution in [0, 0.1) is 6.92 Å². The highest BCUT2D eigenvalue weighted by Gasteiger charge is 2.24. The summed E-state index contributed by atoms with van der Waals surface area (Å²) < 4.78 is 5.83. The number of halogens is 2. The first-order valence-electron chi connectivity index (χ1n) is 8.40. The molecule has 7 heteroatoms. The van der Waals surface area contributed by atoms with Crippen LogP contribution in [0.25, 0.3) is 17.4 Å². The van der Waals surface area contributed by atoms with Gasteiger partial charge in [-0.25, -0.2) is 4.99 Å². The lowest BCUT2D eigenvalue weighted by molar-refractivity contribution is -0.115. The molecule has 0 spiro atoms. The van der Waals surface area contributed by atoms with Crippen LogP contribution in [0.4, 0.5) is 5.69 Å². The van der Waals surface area contributed by atoms with Crippen molar-refractivity contribution in [2.45, 2.75) is 6.92 Å². The van der Waals surface area contributed by atoms with Crippen LogP contribution in [0.15, 0.2) is 68.9 Å². The van der Waals surface area contributed by atoms with Gasteiger partial charge in [0.05, 0.1) is 15.6 Å². The maximum atomic E-state index is 12.3. The Hall–Kier alpha value is -2.47. The maximum absolute atomic E-state index is 12.3. The molecule has 2 aromatic carbocycles. The molecule has 2 heterocycles. The second kappa shape index (κ2) is 7.87. The van der Waals surface area contributed by atoms with Crippen molar-refractivity contribution in [3.05, 3.63) is 80.9 Å². The van der Waals surface area contributed by atoms with E-state index in [1.54, 1.807) is 24.3 Å². The molecule has 1 N–H and O–H groups in total. The Balaban J connectivity index is 1.56. The summed E-state index contributed by atoms with van der Waals surface area (Å²) >= 11 is 13.6. The minimum absolute atomic E-state index is 0.224. The Labute approximate surface area is 176 Å². The first kappa shape index (κ1) is 18.9. The van der Waals surface area contributed by atoms with Gasteiger partial charge >= 0.3 is 0 Å². The lowest BCUT2D eigenvalue weighted by Crippen LogP contribution is -2.19. The number of nitrogens with one attached hydrogen (secondary N) is 1. The molecule has 28 heavy (non-hydrogen) atoms. The van der Waals surface area contributed by atoms with Gasteiger partial charge in [0.1, 0.15) is 11.5 Å². The quantitative estimate of drug-likeness (QED) is 0.487. The molecule has 0 aliphatic carbocycles. The van der Waals surface area contributed by atoms with E-state index in [2.05, 4.69) is 10.3 Å². The fraction of sp³-hybridized carbons (Fsp3) is 0.0476. The fourth-order valence-corrected chi connectivity index (χ4v) is 3.84. The van der Waals surface area contributed by atoms with Crippen molar-refractivity contribution in [3.63, 3.8) is 0 Å². The summed E-state index contributed by atoms with van der Waals surface area (Å²) in [7, 11) is 0. The van der Waals surface area contributed by atoms with Crippen molar-refractivity contribution < 1.29 is 9.21 Å². The highest BCUT2D eigenvalue weighted by atomic mass is 35.5. The van der Waals surface area contributed by atoms with E-state index >= 15 is 0 Å². The largest absolute Gasteiger partial charge is 0.457 e. The molecule has 0 bridgehead atoms. The van der Waals surface area contributed by atoms with E-state index < -0.39 is 0 Å². The highest BCUT2D eigenvalue weighted by Crippen LogP contribution is 2.32. The van der Waals surface area contributed by atoms with Gasteiger partial charge in [-0.15, -0.1) is 0 Å². The maximum Gasteiger partial charge on any atom is 0.264 e. The van der Waals surface area contributed by atoms with Gasteiger partial charge in [-0.2, -0.15) is 0 Å². The number of hydrogen-bond donors (Lipinski definition) is 1. The number of hydrogen-bond acceptors (Lipinski definition) is 4. The third-order valence-corrected chi connectivity index (χ3v) is 5.72. The Bertz CT molecular complexity index is 1130. The van der Waals surface area contributed by atoms with Crippen LogP contribution in [-0.2, 0) is 4.79 Å². The highest BCUT2D eigenvalue weighted by molar-refractivity contribution is 8.18. The normalized spacial score (nSPS) is 16.8. The lowest BCUT2D eigenvalue weighted by atomic mass is 10.2. The van der Waals surface area contributed by atoms with E-state index in [9.17, 15) is 4.79 Å². The van der Waals surface area contributed by atoms with Crippen molar-refractivity contribution in [1.82, 2.24) is 5.32 Å². The van der Waals surface area contributed by atoms with Crippen LogP contribution in [0.3, 0.4) is 0 Å². The van der Waals surface area contributed by atoms with E-state index in [1.807, 2.05) is 43.3 Å². The average Bonchev–Trinajstić information content (AvgIpc) is 3.26. The van der Waals surface area contributed by atoms with Gasteiger partial charge in [-0.05, 0) is 60.6 Å². The van der Waals surface area contributed by atoms with Crippen LogP contribution in [0.1, 0.15) is 11.3 Å². The van der Waals surface area contributed by atoms with Crippen molar-refractivity contribution in [2.24, 2.45) is 4.99 Å². The van der Waals surface area contributed by atoms with Crippen molar-refractivity contribution in [3.8, 4) is 11.3 Å². The van der Waals surface area contributed by atoms with E-state index in [-0.39, 0.29) is 5.91 Å². The molecule has 1 aliphatic heterocycles. The second-order valence-electron chi connectivity index (χ2n) is 6.10. The molecule has 4 rings (SSSR count). The first-order chi connectivity index (χ1) is 13.5. The summed E-state index contributed by atoms with van der Waals surface area (Å²) in [5.41, 5.74) is 2.45. The van der Waals surface area contributed by atoms with E-state index in [0.29, 0.717) is 37.3 Å². The Kier molecular flexibility index (Phi) is 5.31.